The van der Waals surface area contributed by atoms with Gasteiger partial charge in [-0.15, -0.1) is 0 Å². The minimum Gasteiger partial charge on any atom is -0.474 e. The van der Waals surface area contributed by atoms with E-state index < -0.39 is 12.1 Å². The summed E-state index contributed by atoms with van der Waals surface area (Å²) in [5.41, 5.74) is 3.38. The Morgan fingerprint density at radius 1 is 1.18 bits per heavy atom. The molecule has 0 aliphatic heterocycles. The number of aryl methyl sites for hydroxylation is 1. The van der Waals surface area contributed by atoms with Gasteiger partial charge in [-0.05, 0) is 50.3 Å². The van der Waals surface area contributed by atoms with Crippen LogP contribution in [0, 0.1) is 12.8 Å². The van der Waals surface area contributed by atoms with E-state index in [4.69, 9.17) is 16.3 Å². The van der Waals surface area contributed by atoms with Crippen LogP contribution in [0.15, 0.2) is 30.6 Å². The van der Waals surface area contributed by atoms with Gasteiger partial charge in [-0.1, -0.05) is 11.6 Å². The highest BCUT2D eigenvalue weighted by atomic mass is 35.5. The van der Waals surface area contributed by atoms with Crippen LogP contribution >= 0.6 is 11.6 Å². The highest BCUT2D eigenvalue weighted by Crippen LogP contribution is 2.39. The van der Waals surface area contributed by atoms with Gasteiger partial charge >= 0.3 is 6.18 Å². The summed E-state index contributed by atoms with van der Waals surface area (Å²) in [5, 5.41) is 1.21. The van der Waals surface area contributed by atoms with Gasteiger partial charge < -0.3 is 9.72 Å². The van der Waals surface area contributed by atoms with Gasteiger partial charge in [-0.2, -0.15) is 13.2 Å². The van der Waals surface area contributed by atoms with Crippen LogP contribution in [0.5, 0.6) is 5.88 Å². The summed E-state index contributed by atoms with van der Waals surface area (Å²) in [7, 11) is 0. The first-order chi connectivity index (χ1) is 13.3. The Labute approximate surface area is 165 Å². The smallest absolute Gasteiger partial charge is 0.391 e. The number of rotatable bonds is 3. The highest BCUT2D eigenvalue weighted by molar-refractivity contribution is 6.35. The summed E-state index contributed by atoms with van der Waals surface area (Å²) in [6.07, 6.45) is 0.0414. The van der Waals surface area contributed by atoms with E-state index in [1.54, 1.807) is 12.3 Å². The Morgan fingerprint density at radius 2 is 1.93 bits per heavy atom. The second kappa shape index (κ2) is 7.28. The fourth-order valence-electron chi connectivity index (χ4n) is 3.80. The predicted octanol–water partition coefficient (Wildman–Crippen LogP) is 6.09. The number of ether oxygens (including phenoxy) is 1. The average Bonchev–Trinajstić information content (AvgIpc) is 3.06. The minimum atomic E-state index is -4.12. The standard InChI is InChI=1S/C20H19ClF3N3O/c1-11-8-12(15-10-26-16-6-7-25-19(21)18(15)16)9-17(27-11)28-14-4-2-13(3-5-14)20(22,23)24/h6-10,13-14,26H,2-5H2,1H3. The van der Waals surface area contributed by atoms with Crippen molar-refractivity contribution in [2.45, 2.75) is 44.9 Å². The van der Waals surface area contributed by atoms with Crippen molar-refractivity contribution < 1.29 is 17.9 Å². The van der Waals surface area contributed by atoms with E-state index in [1.165, 1.54) is 0 Å². The van der Waals surface area contributed by atoms with Gasteiger partial charge in [-0.3, -0.25) is 0 Å². The van der Waals surface area contributed by atoms with E-state index in [0.29, 0.717) is 23.9 Å². The zero-order valence-corrected chi connectivity index (χ0v) is 15.9. The first-order valence-electron chi connectivity index (χ1n) is 9.15. The SMILES string of the molecule is Cc1cc(-c2c[nH]c3ccnc(Cl)c23)cc(OC2CCC(C(F)(F)F)CC2)n1. The molecule has 3 aromatic rings. The molecular formula is C20H19ClF3N3O. The molecule has 0 atom stereocenters. The first kappa shape index (κ1) is 19.1. The maximum atomic E-state index is 12.8. The van der Waals surface area contributed by atoms with Gasteiger partial charge in [0.1, 0.15) is 11.3 Å². The van der Waals surface area contributed by atoms with Crippen molar-refractivity contribution >= 4 is 22.5 Å². The fourth-order valence-corrected chi connectivity index (χ4v) is 4.06. The Kier molecular flexibility index (Phi) is 4.95. The van der Waals surface area contributed by atoms with Crippen LogP contribution in [0.2, 0.25) is 5.15 Å². The summed E-state index contributed by atoms with van der Waals surface area (Å²) in [4.78, 5) is 11.7. The van der Waals surface area contributed by atoms with Gasteiger partial charge in [-0.25, -0.2) is 9.97 Å². The molecule has 0 aromatic carbocycles. The van der Waals surface area contributed by atoms with Crippen molar-refractivity contribution in [3.05, 3.63) is 41.4 Å². The summed E-state index contributed by atoms with van der Waals surface area (Å²) in [5.74, 6) is -0.811. The zero-order valence-electron chi connectivity index (χ0n) is 15.2. The van der Waals surface area contributed by atoms with Crippen LogP contribution in [-0.4, -0.2) is 27.2 Å². The molecule has 28 heavy (non-hydrogen) atoms. The maximum absolute atomic E-state index is 12.8. The van der Waals surface area contributed by atoms with Crippen LogP contribution in [0.1, 0.15) is 31.4 Å². The van der Waals surface area contributed by atoms with Gasteiger partial charge in [0.2, 0.25) is 5.88 Å². The molecule has 1 saturated carbocycles. The molecule has 1 N–H and O–H groups in total. The van der Waals surface area contributed by atoms with E-state index in [2.05, 4.69) is 15.0 Å². The molecule has 1 aliphatic carbocycles. The Bertz CT molecular complexity index is 994. The number of nitrogens with one attached hydrogen (secondary N) is 1. The molecule has 0 spiro atoms. The lowest BCUT2D eigenvalue weighted by Crippen LogP contribution is -2.32. The zero-order chi connectivity index (χ0) is 19.9. The molecule has 0 saturated heterocycles. The summed E-state index contributed by atoms with van der Waals surface area (Å²) < 4.78 is 44.5. The van der Waals surface area contributed by atoms with Crippen molar-refractivity contribution in [1.29, 1.82) is 0 Å². The van der Waals surface area contributed by atoms with Crippen LogP contribution in [0.3, 0.4) is 0 Å². The van der Waals surface area contributed by atoms with E-state index in [0.717, 1.165) is 27.7 Å². The molecule has 8 heteroatoms. The second-order valence-electron chi connectivity index (χ2n) is 7.20. The molecular weight excluding hydrogens is 391 g/mol. The number of aromatic amines is 1. The van der Waals surface area contributed by atoms with Crippen LogP contribution in [-0.2, 0) is 0 Å². The molecule has 4 nitrogen and oxygen atoms in total. The van der Waals surface area contributed by atoms with E-state index in [1.807, 2.05) is 25.3 Å². The lowest BCUT2D eigenvalue weighted by atomic mass is 9.87. The molecule has 1 fully saturated rings. The first-order valence-corrected chi connectivity index (χ1v) is 9.53. The minimum absolute atomic E-state index is 0.0938. The number of alkyl halides is 3. The monoisotopic (exact) mass is 409 g/mol. The number of aromatic nitrogens is 3. The average molecular weight is 410 g/mol. The van der Waals surface area contributed by atoms with Crippen LogP contribution in [0.4, 0.5) is 13.2 Å². The van der Waals surface area contributed by atoms with Crippen molar-refractivity contribution in [3.8, 4) is 17.0 Å². The van der Waals surface area contributed by atoms with Crippen LogP contribution in [0.25, 0.3) is 22.0 Å². The van der Waals surface area contributed by atoms with E-state index >= 15 is 0 Å². The number of fused-ring (bicyclic) bond motifs is 1. The quantitative estimate of drug-likeness (QED) is 0.533. The number of H-pyrrole nitrogens is 1. The molecule has 0 radical (unpaired) electrons. The third-order valence-corrected chi connectivity index (χ3v) is 5.50. The van der Waals surface area contributed by atoms with Crippen LogP contribution < -0.4 is 4.74 Å². The molecule has 0 amide bonds. The van der Waals surface area contributed by atoms with Gasteiger partial charge in [0.05, 0.1) is 11.4 Å². The Balaban J connectivity index is 1.57. The number of hydrogen-bond acceptors (Lipinski definition) is 3. The molecule has 148 valence electrons. The topological polar surface area (TPSA) is 50.8 Å². The fraction of sp³-hybridized carbons (Fsp3) is 0.400. The van der Waals surface area contributed by atoms with Crippen molar-refractivity contribution in [2.24, 2.45) is 5.92 Å². The second-order valence-corrected chi connectivity index (χ2v) is 7.55. The summed E-state index contributed by atoms with van der Waals surface area (Å²) in [6.45, 7) is 1.85. The van der Waals surface area contributed by atoms with Gasteiger partial charge in [0.15, 0.2) is 0 Å². The van der Waals surface area contributed by atoms with E-state index in [-0.39, 0.29) is 18.9 Å². The third kappa shape index (κ3) is 3.81. The summed E-state index contributed by atoms with van der Waals surface area (Å²) in [6, 6.07) is 5.56. The number of halogens is 4. The Morgan fingerprint density at radius 3 is 2.64 bits per heavy atom. The van der Waals surface area contributed by atoms with Gasteiger partial charge in [0, 0.05) is 35.1 Å². The lowest BCUT2D eigenvalue weighted by Gasteiger charge is -2.29. The van der Waals surface area contributed by atoms with Gasteiger partial charge in [0.25, 0.3) is 0 Å². The molecule has 0 unspecified atom stereocenters. The molecule has 3 heterocycles. The maximum Gasteiger partial charge on any atom is 0.391 e. The molecule has 0 bridgehead atoms. The largest absolute Gasteiger partial charge is 0.474 e. The molecule has 4 rings (SSSR count). The van der Waals surface area contributed by atoms with Crippen molar-refractivity contribution in [1.82, 2.24) is 15.0 Å². The number of nitrogens with zero attached hydrogens (tertiary/aromatic N) is 2. The predicted molar refractivity (Wildman–Crippen MR) is 102 cm³/mol. The number of pyridine rings is 2. The van der Waals surface area contributed by atoms with E-state index in [9.17, 15) is 13.2 Å². The summed E-state index contributed by atoms with van der Waals surface area (Å²) >= 11 is 6.27. The lowest BCUT2D eigenvalue weighted by molar-refractivity contribution is -0.185. The molecule has 3 aromatic heterocycles. The Hall–Kier alpha value is -2.28. The third-order valence-electron chi connectivity index (χ3n) is 5.21. The molecule has 1 aliphatic rings. The van der Waals surface area contributed by atoms with Crippen molar-refractivity contribution in [3.63, 3.8) is 0 Å². The normalized spacial score (nSPS) is 20.5. The van der Waals surface area contributed by atoms with Crippen molar-refractivity contribution in [2.75, 3.05) is 0 Å². The number of hydrogen-bond donors (Lipinski definition) is 1. The highest BCUT2D eigenvalue weighted by Gasteiger charge is 2.41.